The van der Waals surface area contributed by atoms with Crippen LogP contribution in [-0.4, -0.2) is 46.4 Å². The average molecular weight is 287 g/mol. The maximum Gasteiger partial charge on any atom is 0.310 e. The first-order valence-electron chi connectivity index (χ1n) is 5.90. The van der Waals surface area contributed by atoms with Crippen LogP contribution in [0.1, 0.15) is 19.2 Å². The van der Waals surface area contributed by atoms with Crippen molar-refractivity contribution in [3.8, 4) is 0 Å². The maximum atomic E-state index is 12.4. The highest BCUT2D eigenvalue weighted by atomic mass is 32.2. The zero-order valence-electron chi connectivity index (χ0n) is 11.1. The van der Waals surface area contributed by atoms with Gasteiger partial charge in [0.2, 0.25) is 0 Å². The molecule has 1 unspecified atom stereocenters. The molecule has 1 aliphatic heterocycles. The summed E-state index contributed by atoms with van der Waals surface area (Å²) >= 11 is 0. The number of carboxylic acids is 1. The molecular formula is C11H17N3O4S. The van der Waals surface area contributed by atoms with Crippen molar-refractivity contribution in [1.82, 2.24) is 13.9 Å². The third-order valence-electron chi connectivity index (χ3n) is 3.65. The summed E-state index contributed by atoms with van der Waals surface area (Å²) < 4.78 is 27.6. The normalized spacial score (nSPS) is 24.8. The molecule has 0 aliphatic carbocycles. The monoisotopic (exact) mass is 287 g/mol. The van der Waals surface area contributed by atoms with Crippen LogP contribution < -0.4 is 0 Å². The van der Waals surface area contributed by atoms with E-state index in [-0.39, 0.29) is 18.1 Å². The Kier molecular flexibility index (Phi) is 3.18. The first kappa shape index (κ1) is 14.0. The summed E-state index contributed by atoms with van der Waals surface area (Å²) in [6, 6.07) is 0. The Morgan fingerprint density at radius 2 is 2.16 bits per heavy atom. The number of carboxylic acid groups (broad SMARTS) is 1. The van der Waals surface area contributed by atoms with E-state index in [1.807, 2.05) is 0 Å². The molecule has 1 aromatic rings. The minimum absolute atomic E-state index is 0.0136. The molecule has 1 aliphatic rings. The van der Waals surface area contributed by atoms with Crippen molar-refractivity contribution in [3.63, 3.8) is 0 Å². The van der Waals surface area contributed by atoms with Gasteiger partial charge in [0.15, 0.2) is 5.03 Å². The fourth-order valence-electron chi connectivity index (χ4n) is 2.08. The van der Waals surface area contributed by atoms with E-state index in [9.17, 15) is 13.2 Å². The maximum absolute atomic E-state index is 12.4. The van der Waals surface area contributed by atoms with Gasteiger partial charge in [-0.3, -0.25) is 4.79 Å². The van der Waals surface area contributed by atoms with E-state index in [0.717, 1.165) is 0 Å². The number of imidazole rings is 1. The number of aliphatic carboxylic acids is 1. The Morgan fingerprint density at radius 1 is 1.53 bits per heavy atom. The van der Waals surface area contributed by atoms with Gasteiger partial charge in [-0.25, -0.2) is 13.4 Å². The second-order valence-electron chi connectivity index (χ2n) is 5.19. The Bertz CT molecular complexity index is 602. The van der Waals surface area contributed by atoms with Crippen LogP contribution in [0.5, 0.6) is 0 Å². The molecule has 1 fully saturated rings. The molecule has 0 bridgehead atoms. The predicted molar refractivity (Wildman–Crippen MR) is 67.1 cm³/mol. The molecule has 1 aromatic heterocycles. The Balaban J connectivity index is 2.30. The molecule has 19 heavy (non-hydrogen) atoms. The van der Waals surface area contributed by atoms with Crippen molar-refractivity contribution in [1.29, 1.82) is 0 Å². The van der Waals surface area contributed by atoms with Crippen molar-refractivity contribution in [2.24, 2.45) is 12.5 Å². The van der Waals surface area contributed by atoms with Gasteiger partial charge in [0.05, 0.1) is 5.41 Å². The number of sulfonamides is 1. The Morgan fingerprint density at radius 3 is 2.58 bits per heavy atom. The van der Waals surface area contributed by atoms with E-state index in [4.69, 9.17) is 5.11 Å². The third kappa shape index (κ3) is 2.25. The highest BCUT2D eigenvalue weighted by molar-refractivity contribution is 7.89. The van der Waals surface area contributed by atoms with Crippen LogP contribution in [0.3, 0.4) is 0 Å². The summed E-state index contributed by atoms with van der Waals surface area (Å²) in [5.41, 5.74) is -1.02. The Hall–Kier alpha value is -1.41. The summed E-state index contributed by atoms with van der Waals surface area (Å²) in [5, 5.41) is 9.11. The summed E-state index contributed by atoms with van der Waals surface area (Å²) in [6.45, 7) is 3.47. The van der Waals surface area contributed by atoms with E-state index in [1.165, 1.54) is 10.5 Å². The van der Waals surface area contributed by atoms with E-state index < -0.39 is 21.4 Å². The lowest BCUT2D eigenvalue weighted by Crippen LogP contribution is -2.35. The van der Waals surface area contributed by atoms with Gasteiger partial charge in [-0.05, 0) is 20.3 Å². The molecule has 1 saturated heterocycles. The Labute approximate surface area is 111 Å². The van der Waals surface area contributed by atoms with Gasteiger partial charge in [-0.15, -0.1) is 0 Å². The first-order valence-corrected chi connectivity index (χ1v) is 7.34. The zero-order valence-corrected chi connectivity index (χ0v) is 11.9. The largest absolute Gasteiger partial charge is 0.481 e. The molecule has 0 radical (unpaired) electrons. The van der Waals surface area contributed by atoms with Gasteiger partial charge in [0.25, 0.3) is 10.0 Å². The minimum Gasteiger partial charge on any atom is -0.481 e. The van der Waals surface area contributed by atoms with Crippen molar-refractivity contribution in [2.75, 3.05) is 13.1 Å². The lowest BCUT2D eigenvalue weighted by molar-refractivity contribution is -0.146. The SMILES string of the molecule is Cc1nc(S(=O)(=O)N2CCC(C)(C(=O)O)C2)cn1C. The molecule has 1 N–H and O–H groups in total. The first-order chi connectivity index (χ1) is 8.67. The minimum atomic E-state index is -3.71. The molecule has 8 heteroatoms. The molecule has 2 heterocycles. The second-order valence-corrected chi connectivity index (χ2v) is 7.08. The van der Waals surface area contributed by atoms with Gasteiger partial charge in [-0.2, -0.15) is 4.31 Å². The van der Waals surface area contributed by atoms with Gasteiger partial charge >= 0.3 is 5.97 Å². The molecule has 106 valence electrons. The van der Waals surface area contributed by atoms with Crippen molar-refractivity contribution in [2.45, 2.75) is 25.3 Å². The number of hydrogen-bond donors (Lipinski definition) is 1. The zero-order chi connectivity index (χ0) is 14.4. The summed E-state index contributed by atoms with van der Waals surface area (Å²) in [5.74, 6) is -0.374. The van der Waals surface area contributed by atoms with Crippen LogP contribution in [0, 0.1) is 12.3 Å². The van der Waals surface area contributed by atoms with E-state index in [2.05, 4.69) is 4.98 Å². The number of aromatic nitrogens is 2. The van der Waals surface area contributed by atoms with E-state index in [1.54, 1.807) is 25.5 Å². The van der Waals surface area contributed by atoms with Crippen LogP contribution >= 0.6 is 0 Å². The molecule has 0 saturated carbocycles. The molecule has 0 aromatic carbocycles. The average Bonchev–Trinajstić information content (AvgIpc) is 2.86. The molecule has 2 rings (SSSR count). The summed E-state index contributed by atoms with van der Waals surface area (Å²) in [4.78, 5) is 15.2. The van der Waals surface area contributed by atoms with Crippen LogP contribution in [0.4, 0.5) is 0 Å². The standard InChI is InChI=1S/C11H17N3O4S/c1-8-12-9(6-13(8)3)19(17,18)14-5-4-11(2,7-14)10(15)16/h6H,4-5,7H2,1-3H3,(H,15,16). The molecule has 0 amide bonds. The second kappa shape index (κ2) is 4.31. The van der Waals surface area contributed by atoms with Gasteiger partial charge < -0.3 is 9.67 Å². The molecule has 1 atom stereocenters. The van der Waals surface area contributed by atoms with Gasteiger partial charge in [0, 0.05) is 26.3 Å². The van der Waals surface area contributed by atoms with E-state index >= 15 is 0 Å². The van der Waals surface area contributed by atoms with E-state index in [0.29, 0.717) is 12.2 Å². The van der Waals surface area contributed by atoms with Crippen LogP contribution in [0.2, 0.25) is 0 Å². The number of aryl methyl sites for hydroxylation is 2. The molecule has 0 spiro atoms. The molecular weight excluding hydrogens is 270 g/mol. The van der Waals surface area contributed by atoms with Crippen molar-refractivity contribution < 1.29 is 18.3 Å². The van der Waals surface area contributed by atoms with Gasteiger partial charge in [0.1, 0.15) is 5.82 Å². The lowest BCUT2D eigenvalue weighted by Gasteiger charge is -2.19. The smallest absolute Gasteiger partial charge is 0.310 e. The number of rotatable bonds is 3. The van der Waals surface area contributed by atoms with Crippen LogP contribution in [-0.2, 0) is 21.9 Å². The van der Waals surface area contributed by atoms with Crippen molar-refractivity contribution in [3.05, 3.63) is 12.0 Å². The summed E-state index contributed by atoms with van der Waals surface area (Å²) in [7, 11) is -1.99. The van der Waals surface area contributed by atoms with Crippen LogP contribution in [0.25, 0.3) is 0 Å². The highest BCUT2D eigenvalue weighted by Crippen LogP contribution is 2.33. The predicted octanol–water partition coefficient (Wildman–Crippen LogP) is 0.214. The summed E-state index contributed by atoms with van der Waals surface area (Å²) in [6.07, 6.45) is 1.76. The third-order valence-corrected chi connectivity index (χ3v) is 5.36. The van der Waals surface area contributed by atoms with Gasteiger partial charge in [-0.1, -0.05) is 0 Å². The lowest BCUT2D eigenvalue weighted by atomic mass is 9.90. The number of carbonyl (C=O) groups is 1. The topological polar surface area (TPSA) is 92.5 Å². The van der Waals surface area contributed by atoms with Crippen LogP contribution in [0.15, 0.2) is 11.2 Å². The number of hydrogen-bond acceptors (Lipinski definition) is 4. The quantitative estimate of drug-likeness (QED) is 0.858. The molecule has 7 nitrogen and oxygen atoms in total. The fourth-order valence-corrected chi connectivity index (χ4v) is 3.67. The number of nitrogens with zero attached hydrogens (tertiary/aromatic N) is 3. The highest BCUT2D eigenvalue weighted by Gasteiger charge is 2.45. The fraction of sp³-hybridized carbons (Fsp3) is 0.636. The van der Waals surface area contributed by atoms with Crippen molar-refractivity contribution >= 4 is 16.0 Å².